The van der Waals surface area contributed by atoms with E-state index >= 15 is 0 Å². The van der Waals surface area contributed by atoms with Crippen LogP contribution < -0.4 is 15.4 Å². The van der Waals surface area contributed by atoms with Crippen LogP contribution in [-0.4, -0.2) is 70.8 Å². The molecule has 33 heavy (non-hydrogen) atoms. The number of hydrogen-bond donors (Lipinski definition) is 2. The van der Waals surface area contributed by atoms with E-state index in [1.807, 2.05) is 19.0 Å². The molecule has 2 aromatic heterocycles. The van der Waals surface area contributed by atoms with Crippen LogP contribution in [0.5, 0.6) is 11.5 Å². The first-order valence-corrected chi connectivity index (χ1v) is 10.7. The van der Waals surface area contributed by atoms with E-state index < -0.39 is 17.4 Å². The highest BCUT2D eigenvalue weighted by molar-refractivity contribution is 6.02. The lowest BCUT2D eigenvalue weighted by molar-refractivity contribution is -0.137. The maximum atomic E-state index is 12.4. The number of hydrogen-bond acceptors (Lipinski definition) is 7. The second kappa shape index (κ2) is 9.95. The summed E-state index contributed by atoms with van der Waals surface area (Å²) in [5.74, 6) is 0.898. The van der Waals surface area contributed by atoms with Crippen LogP contribution >= 0.6 is 0 Å². The van der Waals surface area contributed by atoms with Crippen molar-refractivity contribution in [2.45, 2.75) is 33.2 Å². The lowest BCUT2D eigenvalue weighted by Crippen LogP contribution is -2.59. The van der Waals surface area contributed by atoms with Crippen molar-refractivity contribution in [1.29, 1.82) is 0 Å². The number of pyridine rings is 2. The van der Waals surface area contributed by atoms with Crippen LogP contribution in [0.15, 0.2) is 36.7 Å². The van der Waals surface area contributed by atoms with E-state index in [0.29, 0.717) is 23.2 Å². The molecule has 1 aliphatic rings. The Morgan fingerprint density at radius 2 is 1.85 bits per heavy atom. The molecule has 4 amide bonds. The molecule has 1 fully saturated rings. The summed E-state index contributed by atoms with van der Waals surface area (Å²) in [6, 6.07) is 6.37. The molecule has 0 radical (unpaired) electrons. The van der Waals surface area contributed by atoms with Gasteiger partial charge < -0.3 is 14.5 Å². The maximum Gasteiger partial charge on any atom is 0.327 e. The molecule has 0 saturated carbocycles. The van der Waals surface area contributed by atoms with E-state index in [4.69, 9.17) is 4.74 Å². The minimum absolute atomic E-state index is 0.0399. The summed E-state index contributed by atoms with van der Waals surface area (Å²) in [4.78, 5) is 48.6. The minimum Gasteiger partial charge on any atom is -0.456 e. The second-order valence-electron chi connectivity index (χ2n) is 9.22. The van der Waals surface area contributed by atoms with Crippen molar-refractivity contribution in [3.05, 3.63) is 42.4 Å². The van der Waals surface area contributed by atoms with E-state index in [1.54, 1.807) is 51.2 Å². The molecule has 3 rings (SSSR count). The van der Waals surface area contributed by atoms with E-state index in [1.165, 1.54) is 6.20 Å². The number of amides is 4. The van der Waals surface area contributed by atoms with Crippen molar-refractivity contribution in [3.8, 4) is 11.5 Å². The summed E-state index contributed by atoms with van der Waals surface area (Å²) in [7, 11) is 4.02. The number of likely N-dealkylation sites (N-methyl/N-ethyl adjacent to an activating group) is 1. The molecular weight excluding hydrogens is 424 g/mol. The third-order valence-corrected chi connectivity index (χ3v) is 5.19. The van der Waals surface area contributed by atoms with Crippen LogP contribution in [0, 0.1) is 5.41 Å². The van der Waals surface area contributed by atoms with Crippen molar-refractivity contribution in [3.63, 3.8) is 0 Å². The van der Waals surface area contributed by atoms with Crippen LogP contribution in [0.1, 0.15) is 26.5 Å². The lowest BCUT2D eigenvalue weighted by atomic mass is 9.96. The van der Waals surface area contributed by atoms with Gasteiger partial charge in [-0.1, -0.05) is 20.8 Å². The third kappa shape index (κ3) is 6.72. The number of aromatic nitrogens is 2. The minimum atomic E-state index is -0.680. The zero-order valence-corrected chi connectivity index (χ0v) is 19.6. The van der Waals surface area contributed by atoms with Crippen molar-refractivity contribution >= 4 is 23.7 Å². The van der Waals surface area contributed by atoms with Gasteiger partial charge in [0, 0.05) is 36.8 Å². The maximum absolute atomic E-state index is 12.4. The Labute approximate surface area is 193 Å². The largest absolute Gasteiger partial charge is 0.456 e. The number of likely N-dealkylation sites (tertiary alicyclic amines) is 1. The van der Waals surface area contributed by atoms with E-state index in [2.05, 4.69) is 25.5 Å². The predicted molar refractivity (Wildman–Crippen MR) is 123 cm³/mol. The number of rotatable bonds is 6. The van der Waals surface area contributed by atoms with Crippen LogP contribution in [0.3, 0.4) is 0 Å². The highest BCUT2D eigenvalue weighted by Crippen LogP contribution is 2.22. The van der Waals surface area contributed by atoms with Gasteiger partial charge in [0.2, 0.25) is 11.8 Å². The smallest absolute Gasteiger partial charge is 0.327 e. The highest BCUT2D eigenvalue weighted by atomic mass is 16.5. The third-order valence-electron chi connectivity index (χ3n) is 5.19. The number of ether oxygens (including phenoxy) is 1. The van der Waals surface area contributed by atoms with Gasteiger partial charge >= 0.3 is 6.03 Å². The van der Waals surface area contributed by atoms with Crippen LogP contribution in [0.2, 0.25) is 0 Å². The standard InChI is InChI=1S/C23H30N6O4/c1-23(2,3)21(31)27-22(32)26-19-7-6-18(12-25-19)33-17-8-9-24-15(10-17)11-20(30)29-13-16(14-29)28(4)5/h6-10,12,16H,11,13-14H2,1-5H3,(H2,25,26,27,31,32). The van der Waals surface area contributed by atoms with Gasteiger partial charge in [0.05, 0.1) is 18.3 Å². The Bertz CT molecular complexity index is 1010. The van der Waals surface area contributed by atoms with Crippen molar-refractivity contribution in [2.24, 2.45) is 5.41 Å². The first-order valence-electron chi connectivity index (χ1n) is 10.7. The summed E-state index contributed by atoms with van der Waals surface area (Å²) >= 11 is 0. The first kappa shape index (κ1) is 24.1. The molecule has 2 N–H and O–H groups in total. The molecule has 10 heteroatoms. The molecule has 0 atom stereocenters. The highest BCUT2D eigenvalue weighted by Gasteiger charge is 2.31. The number of carbonyl (C=O) groups excluding carboxylic acids is 3. The molecule has 0 aliphatic carbocycles. The fraction of sp³-hybridized carbons (Fsp3) is 0.435. The molecule has 0 spiro atoms. The Hall–Kier alpha value is -3.53. The summed E-state index contributed by atoms with van der Waals surface area (Å²) in [5, 5.41) is 4.77. The van der Waals surface area contributed by atoms with Crippen LogP contribution in [-0.2, 0) is 16.0 Å². The van der Waals surface area contributed by atoms with Gasteiger partial charge in [-0.15, -0.1) is 0 Å². The van der Waals surface area contributed by atoms with Gasteiger partial charge in [-0.2, -0.15) is 0 Å². The molecule has 10 nitrogen and oxygen atoms in total. The molecule has 0 unspecified atom stereocenters. The molecule has 176 valence electrons. The topological polar surface area (TPSA) is 117 Å². The fourth-order valence-electron chi connectivity index (χ4n) is 2.96. The Morgan fingerprint density at radius 1 is 1.12 bits per heavy atom. The zero-order valence-electron chi connectivity index (χ0n) is 19.6. The molecule has 1 saturated heterocycles. The number of urea groups is 1. The predicted octanol–water partition coefficient (Wildman–Crippen LogP) is 2.28. The Kier molecular flexibility index (Phi) is 7.27. The number of nitrogens with zero attached hydrogens (tertiary/aromatic N) is 4. The van der Waals surface area contributed by atoms with Gasteiger partial charge in [-0.3, -0.25) is 25.2 Å². The normalized spacial score (nSPS) is 13.9. The number of carbonyl (C=O) groups is 3. The van der Waals surface area contributed by atoms with Crippen molar-refractivity contribution in [1.82, 2.24) is 25.1 Å². The van der Waals surface area contributed by atoms with E-state index in [-0.39, 0.29) is 18.1 Å². The average molecular weight is 455 g/mol. The van der Waals surface area contributed by atoms with E-state index in [9.17, 15) is 14.4 Å². The van der Waals surface area contributed by atoms with Crippen molar-refractivity contribution in [2.75, 3.05) is 32.5 Å². The van der Waals surface area contributed by atoms with Crippen LogP contribution in [0.25, 0.3) is 0 Å². The summed E-state index contributed by atoms with van der Waals surface area (Å²) in [6.07, 6.45) is 3.26. The number of nitrogens with one attached hydrogen (secondary N) is 2. The quantitative estimate of drug-likeness (QED) is 0.688. The Morgan fingerprint density at radius 3 is 2.45 bits per heavy atom. The van der Waals surface area contributed by atoms with Gasteiger partial charge in [0.25, 0.3) is 0 Å². The molecule has 0 aromatic carbocycles. The molecular formula is C23H30N6O4. The lowest BCUT2D eigenvalue weighted by Gasteiger charge is -2.42. The number of anilines is 1. The zero-order chi connectivity index (χ0) is 24.2. The van der Waals surface area contributed by atoms with Gasteiger partial charge in [0.1, 0.15) is 17.3 Å². The molecule has 3 heterocycles. The summed E-state index contributed by atoms with van der Waals surface area (Å²) in [6.45, 7) is 6.61. The van der Waals surface area contributed by atoms with Gasteiger partial charge in [-0.05, 0) is 32.3 Å². The second-order valence-corrected chi connectivity index (χ2v) is 9.22. The SMILES string of the molecule is CN(C)C1CN(C(=O)Cc2cc(Oc3ccc(NC(=O)NC(=O)C(C)(C)C)nc3)ccn2)C1. The first-order chi connectivity index (χ1) is 15.5. The van der Waals surface area contributed by atoms with Crippen LogP contribution in [0.4, 0.5) is 10.6 Å². The molecule has 1 aliphatic heterocycles. The monoisotopic (exact) mass is 454 g/mol. The summed E-state index contributed by atoms with van der Waals surface area (Å²) in [5.41, 5.74) is -0.0577. The fourth-order valence-corrected chi connectivity index (χ4v) is 2.96. The molecule has 2 aromatic rings. The van der Waals surface area contributed by atoms with Gasteiger partial charge in [0.15, 0.2) is 0 Å². The van der Waals surface area contributed by atoms with Gasteiger partial charge in [-0.25, -0.2) is 9.78 Å². The average Bonchev–Trinajstić information content (AvgIpc) is 2.67. The number of imide groups is 1. The van der Waals surface area contributed by atoms with Crippen molar-refractivity contribution < 1.29 is 19.1 Å². The van der Waals surface area contributed by atoms with E-state index in [0.717, 1.165) is 13.1 Å². The molecule has 0 bridgehead atoms. The Balaban J connectivity index is 1.52. The summed E-state index contributed by atoms with van der Waals surface area (Å²) < 4.78 is 5.80.